The van der Waals surface area contributed by atoms with Crippen LogP contribution < -0.4 is 4.90 Å². The molecule has 186 valence electrons. The number of piperazine rings is 1. The summed E-state index contributed by atoms with van der Waals surface area (Å²) in [5, 5.41) is 0. The average Bonchev–Trinajstić information content (AvgIpc) is 3.10. The third-order valence-corrected chi connectivity index (χ3v) is 9.62. The molecule has 3 fully saturated rings. The SMILES string of the molecule is Cc1ccc(CN2C(=O)[C@H]3CCCC[C@@H]3C2=O)cc1S(=O)(=O)N1CCN(c2ccccc2F)CC1. The molecule has 2 amide bonds. The second-order valence-corrected chi connectivity index (χ2v) is 11.6. The minimum Gasteiger partial charge on any atom is -0.367 e. The van der Waals surface area contributed by atoms with Crippen molar-refractivity contribution in [3.05, 3.63) is 59.4 Å². The van der Waals surface area contributed by atoms with Crippen molar-refractivity contribution < 1.29 is 22.4 Å². The maximum atomic E-state index is 14.2. The van der Waals surface area contributed by atoms with Gasteiger partial charge in [-0.25, -0.2) is 12.8 Å². The molecule has 0 unspecified atom stereocenters. The van der Waals surface area contributed by atoms with E-state index in [-0.39, 0.29) is 54.0 Å². The fourth-order valence-corrected chi connectivity index (χ4v) is 7.30. The third-order valence-electron chi connectivity index (χ3n) is 7.58. The van der Waals surface area contributed by atoms with Crippen LogP contribution in [0.2, 0.25) is 0 Å². The molecule has 2 saturated heterocycles. The molecule has 3 aliphatic rings. The summed E-state index contributed by atoms with van der Waals surface area (Å²) in [4.78, 5) is 29.1. The van der Waals surface area contributed by atoms with Crippen LogP contribution >= 0.6 is 0 Å². The van der Waals surface area contributed by atoms with Gasteiger partial charge in [0.05, 0.1) is 29.0 Å². The van der Waals surface area contributed by atoms with Crippen molar-refractivity contribution in [2.24, 2.45) is 11.8 Å². The van der Waals surface area contributed by atoms with E-state index >= 15 is 0 Å². The van der Waals surface area contributed by atoms with Gasteiger partial charge in [0.25, 0.3) is 0 Å². The Balaban J connectivity index is 1.32. The van der Waals surface area contributed by atoms with Gasteiger partial charge in [0.1, 0.15) is 5.82 Å². The number of hydrogen-bond acceptors (Lipinski definition) is 5. The number of likely N-dealkylation sites (tertiary alicyclic amines) is 1. The quantitative estimate of drug-likeness (QED) is 0.590. The lowest BCUT2D eigenvalue weighted by atomic mass is 9.81. The van der Waals surface area contributed by atoms with Gasteiger partial charge >= 0.3 is 0 Å². The van der Waals surface area contributed by atoms with Crippen molar-refractivity contribution in [3.63, 3.8) is 0 Å². The summed E-state index contributed by atoms with van der Waals surface area (Å²) < 4.78 is 42.6. The molecule has 1 aliphatic carbocycles. The Morgan fingerprint density at radius 2 is 1.54 bits per heavy atom. The minimum atomic E-state index is -3.79. The number of para-hydroxylation sites is 1. The highest BCUT2D eigenvalue weighted by atomic mass is 32.2. The molecule has 0 spiro atoms. The van der Waals surface area contributed by atoms with Gasteiger partial charge in [-0.05, 0) is 49.1 Å². The molecule has 0 bridgehead atoms. The molecule has 0 aromatic heterocycles. The van der Waals surface area contributed by atoms with Crippen LogP contribution in [0.25, 0.3) is 0 Å². The van der Waals surface area contributed by atoms with E-state index in [9.17, 15) is 22.4 Å². The maximum absolute atomic E-state index is 14.2. The number of halogens is 1. The zero-order valence-electron chi connectivity index (χ0n) is 19.8. The number of rotatable bonds is 5. The monoisotopic (exact) mass is 499 g/mol. The highest BCUT2D eigenvalue weighted by Gasteiger charge is 2.48. The molecule has 0 radical (unpaired) electrons. The van der Waals surface area contributed by atoms with E-state index in [2.05, 4.69) is 0 Å². The number of amides is 2. The molecule has 2 aromatic carbocycles. The van der Waals surface area contributed by atoms with E-state index in [1.807, 2.05) is 4.90 Å². The van der Waals surface area contributed by atoms with Gasteiger partial charge in [-0.3, -0.25) is 14.5 Å². The number of aryl methyl sites for hydroxylation is 1. The fourth-order valence-electron chi connectivity index (χ4n) is 5.61. The van der Waals surface area contributed by atoms with Crippen molar-refractivity contribution >= 4 is 27.5 Å². The van der Waals surface area contributed by atoms with E-state index in [4.69, 9.17) is 0 Å². The second-order valence-electron chi connectivity index (χ2n) is 9.70. The van der Waals surface area contributed by atoms with Crippen molar-refractivity contribution in [3.8, 4) is 0 Å². The Kier molecular flexibility index (Phi) is 6.40. The summed E-state index contributed by atoms with van der Waals surface area (Å²) in [6.45, 7) is 3.10. The highest BCUT2D eigenvalue weighted by Crippen LogP contribution is 2.38. The van der Waals surface area contributed by atoms with Crippen LogP contribution in [0.3, 0.4) is 0 Å². The number of imide groups is 1. The molecule has 2 atom stereocenters. The smallest absolute Gasteiger partial charge is 0.243 e. The summed E-state index contributed by atoms with van der Waals surface area (Å²) >= 11 is 0. The molecule has 1 saturated carbocycles. The molecule has 0 N–H and O–H groups in total. The Morgan fingerprint density at radius 3 is 2.17 bits per heavy atom. The first-order chi connectivity index (χ1) is 16.8. The number of benzene rings is 2. The number of hydrogen-bond donors (Lipinski definition) is 0. The first-order valence-electron chi connectivity index (χ1n) is 12.2. The summed E-state index contributed by atoms with van der Waals surface area (Å²) in [5.74, 6) is -1.03. The number of carbonyl (C=O) groups is 2. The number of carbonyl (C=O) groups excluding carboxylic acids is 2. The number of fused-ring (bicyclic) bond motifs is 1. The van der Waals surface area contributed by atoms with Gasteiger partial charge in [-0.2, -0.15) is 4.31 Å². The van der Waals surface area contributed by atoms with Crippen LogP contribution in [-0.2, 0) is 26.2 Å². The lowest BCUT2D eigenvalue weighted by Gasteiger charge is -2.35. The first-order valence-corrected chi connectivity index (χ1v) is 13.7. The Morgan fingerprint density at radius 1 is 0.914 bits per heavy atom. The van der Waals surface area contributed by atoms with Crippen LogP contribution in [0.4, 0.5) is 10.1 Å². The van der Waals surface area contributed by atoms with Gasteiger partial charge < -0.3 is 4.90 Å². The van der Waals surface area contributed by atoms with Gasteiger partial charge in [0.2, 0.25) is 21.8 Å². The van der Waals surface area contributed by atoms with E-state index < -0.39 is 10.0 Å². The van der Waals surface area contributed by atoms with Crippen molar-refractivity contribution in [2.75, 3.05) is 31.1 Å². The lowest BCUT2D eigenvalue weighted by Crippen LogP contribution is -2.49. The molecule has 9 heteroatoms. The number of anilines is 1. The van der Waals surface area contributed by atoms with Crippen molar-refractivity contribution in [1.29, 1.82) is 0 Å². The van der Waals surface area contributed by atoms with Gasteiger partial charge in [-0.1, -0.05) is 37.1 Å². The standard InChI is InChI=1S/C26H30FN3O4S/c1-18-10-11-19(17-30-25(31)20-6-2-3-7-21(20)26(30)32)16-24(18)35(33,34)29-14-12-28(13-15-29)23-9-5-4-8-22(23)27/h4-5,8-11,16,20-21H,2-3,6-7,12-15,17H2,1H3/t20-,21-/m0/s1. The van der Waals surface area contributed by atoms with Crippen molar-refractivity contribution in [1.82, 2.24) is 9.21 Å². The highest BCUT2D eigenvalue weighted by molar-refractivity contribution is 7.89. The van der Waals surface area contributed by atoms with Gasteiger partial charge in [0, 0.05) is 26.2 Å². The molecule has 2 heterocycles. The van der Waals surface area contributed by atoms with Crippen LogP contribution in [0.5, 0.6) is 0 Å². The number of nitrogens with zero attached hydrogens (tertiary/aromatic N) is 3. The van der Waals surface area contributed by atoms with Crippen molar-refractivity contribution in [2.45, 2.75) is 44.0 Å². The van der Waals surface area contributed by atoms with Crippen LogP contribution in [0, 0.1) is 24.6 Å². The van der Waals surface area contributed by atoms with E-state index in [0.29, 0.717) is 29.9 Å². The van der Waals surface area contributed by atoms with Gasteiger partial charge in [-0.15, -0.1) is 0 Å². The Bertz CT molecular complexity index is 1230. The average molecular weight is 500 g/mol. The molecule has 2 aliphatic heterocycles. The number of sulfonamides is 1. The fraction of sp³-hybridized carbons (Fsp3) is 0.462. The predicted octanol–water partition coefficient (Wildman–Crippen LogP) is 3.32. The Labute approximate surface area is 205 Å². The lowest BCUT2D eigenvalue weighted by molar-refractivity contribution is -0.140. The summed E-state index contributed by atoms with van der Waals surface area (Å²) in [7, 11) is -3.79. The molecular weight excluding hydrogens is 469 g/mol. The van der Waals surface area contributed by atoms with Crippen LogP contribution in [0.15, 0.2) is 47.4 Å². The molecule has 5 rings (SSSR count). The molecule has 35 heavy (non-hydrogen) atoms. The summed E-state index contributed by atoms with van der Waals surface area (Å²) in [6, 6.07) is 11.6. The summed E-state index contributed by atoms with van der Waals surface area (Å²) in [6.07, 6.45) is 3.42. The van der Waals surface area contributed by atoms with Crippen LogP contribution in [0.1, 0.15) is 36.8 Å². The largest absolute Gasteiger partial charge is 0.367 e. The summed E-state index contributed by atoms with van der Waals surface area (Å²) in [5.41, 5.74) is 1.71. The zero-order chi connectivity index (χ0) is 24.7. The molecule has 2 aromatic rings. The Hall–Kier alpha value is -2.78. The molecule has 7 nitrogen and oxygen atoms in total. The topological polar surface area (TPSA) is 78.0 Å². The maximum Gasteiger partial charge on any atom is 0.243 e. The second kappa shape index (κ2) is 9.35. The normalized spacial score (nSPS) is 23.6. The van der Waals surface area contributed by atoms with E-state index in [1.54, 1.807) is 43.3 Å². The predicted molar refractivity (Wildman–Crippen MR) is 130 cm³/mol. The van der Waals surface area contributed by atoms with Crippen LogP contribution in [-0.4, -0.2) is 55.6 Å². The zero-order valence-corrected chi connectivity index (χ0v) is 20.6. The van der Waals surface area contributed by atoms with E-state index in [1.165, 1.54) is 15.3 Å². The van der Waals surface area contributed by atoms with E-state index in [0.717, 1.165) is 25.7 Å². The molecular formula is C26H30FN3O4S. The third kappa shape index (κ3) is 4.36. The first kappa shape index (κ1) is 23.9. The minimum absolute atomic E-state index is 0.0918. The van der Waals surface area contributed by atoms with Gasteiger partial charge in [0.15, 0.2) is 0 Å².